The second-order valence-electron chi connectivity index (χ2n) is 10.8. The Labute approximate surface area is 198 Å². The zero-order valence-corrected chi connectivity index (χ0v) is 21.0. The molecule has 0 N–H and O–H groups in total. The average Bonchev–Trinajstić information content (AvgIpc) is 2.72. The number of carbonyl (C=O) groups excluding carboxylic acids is 3. The lowest BCUT2D eigenvalue weighted by Gasteiger charge is -2.44. The predicted octanol–water partition coefficient (Wildman–Crippen LogP) is 5.16. The minimum atomic E-state index is -0.502. The largest absolute Gasteiger partial charge is 0.462 e. The van der Waals surface area contributed by atoms with E-state index in [1.54, 1.807) is 0 Å². The molecule has 0 radical (unpaired) electrons. The van der Waals surface area contributed by atoms with Crippen molar-refractivity contribution in [2.75, 3.05) is 0 Å². The van der Waals surface area contributed by atoms with E-state index in [1.807, 2.05) is 20.8 Å². The minimum Gasteiger partial charge on any atom is -0.462 e. The first-order valence-corrected chi connectivity index (χ1v) is 12.5. The van der Waals surface area contributed by atoms with Crippen LogP contribution in [0.3, 0.4) is 0 Å². The summed E-state index contributed by atoms with van der Waals surface area (Å²) < 4.78 is 17.0. The highest BCUT2D eigenvalue weighted by Crippen LogP contribution is 2.45. The zero-order chi connectivity index (χ0) is 24.3. The van der Waals surface area contributed by atoms with Crippen molar-refractivity contribution in [3.63, 3.8) is 0 Å². The molecule has 1 saturated heterocycles. The Morgan fingerprint density at radius 1 is 1.15 bits per heavy atom. The van der Waals surface area contributed by atoms with E-state index in [1.165, 1.54) is 12.5 Å². The normalized spacial score (nSPS) is 34.1. The van der Waals surface area contributed by atoms with Crippen molar-refractivity contribution in [3.8, 4) is 0 Å². The fourth-order valence-electron chi connectivity index (χ4n) is 5.39. The molecule has 33 heavy (non-hydrogen) atoms. The number of allylic oxidation sites excluding steroid dienone is 3. The smallest absolute Gasteiger partial charge is 0.311 e. The highest BCUT2D eigenvalue weighted by atomic mass is 16.6. The molecule has 3 rings (SSSR count). The Kier molecular flexibility index (Phi) is 8.07. The van der Waals surface area contributed by atoms with Crippen LogP contribution in [-0.2, 0) is 28.6 Å². The second kappa shape index (κ2) is 10.4. The summed E-state index contributed by atoms with van der Waals surface area (Å²) in [6.45, 7) is 11.6. The molecule has 0 aromatic carbocycles. The number of hydrogen-bond acceptors (Lipinski definition) is 6. The van der Waals surface area contributed by atoms with E-state index in [-0.39, 0.29) is 48.4 Å². The summed E-state index contributed by atoms with van der Waals surface area (Å²) in [5.41, 5.74) is 0.750. The van der Waals surface area contributed by atoms with Crippen LogP contribution in [0.4, 0.5) is 0 Å². The van der Waals surface area contributed by atoms with E-state index in [4.69, 9.17) is 14.2 Å². The van der Waals surface area contributed by atoms with Gasteiger partial charge in [-0.05, 0) is 62.9 Å². The van der Waals surface area contributed by atoms with Crippen LogP contribution in [0.25, 0.3) is 0 Å². The van der Waals surface area contributed by atoms with Crippen LogP contribution in [-0.4, -0.2) is 36.2 Å². The predicted molar refractivity (Wildman–Crippen MR) is 125 cm³/mol. The van der Waals surface area contributed by atoms with Crippen molar-refractivity contribution in [3.05, 3.63) is 23.8 Å². The third-order valence-electron chi connectivity index (χ3n) is 7.66. The molecule has 2 aliphatic carbocycles. The van der Waals surface area contributed by atoms with Crippen molar-refractivity contribution >= 4 is 17.9 Å². The van der Waals surface area contributed by atoms with Gasteiger partial charge in [0.25, 0.3) is 0 Å². The minimum absolute atomic E-state index is 0.122. The van der Waals surface area contributed by atoms with Gasteiger partial charge in [0.05, 0.1) is 11.8 Å². The summed E-state index contributed by atoms with van der Waals surface area (Å²) >= 11 is 0. The molecule has 1 aliphatic heterocycles. The lowest BCUT2D eigenvalue weighted by atomic mass is 9.65. The van der Waals surface area contributed by atoms with Crippen LogP contribution >= 0.6 is 0 Å². The molecule has 0 aromatic rings. The zero-order valence-electron chi connectivity index (χ0n) is 21.0. The van der Waals surface area contributed by atoms with Gasteiger partial charge < -0.3 is 14.2 Å². The Morgan fingerprint density at radius 2 is 1.88 bits per heavy atom. The maximum atomic E-state index is 12.9. The quantitative estimate of drug-likeness (QED) is 0.386. The Balaban J connectivity index is 1.74. The topological polar surface area (TPSA) is 78.9 Å². The highest BCUT2D eigenvalue weighted by Gasteiger charge is 2.43. The number of rotatable bonds is 7. The Morgan fingerprint density at radius 3 is 2.55 bits per heavy atom. The number of fused-ring (bicyclic) bond motifs is 1. The first-order valence-electron chi connectivity index (χ1n) is 12.5. The average molecular weight is 461 g/mol. The molecule has 0 bridgehead atoms. The molecular weight excluding hydrogens is 420 g/mol. The summed E-state index contributed by atoms with van der Waals surface area (Å²) in [4.78, 5) is 36.3. The van der Waals surface area contributed by atoms with E-state index in [2.05, 4.69) is 32.1 Å². The molecule has 6 nitrogen and oxygen atoms in total. The molecule has 7 atom stereocenters. The Hall–Kier alpha value is -2.11. The molecular formula is C27H40O6. The highest BCUT2D eigenvalue weighted by molar-refractivity contribution is 5.76. The molecule has 1 fully saturated rings. The van der Waals surface area contributed by atoms with Gasteiger partial charge in [0, 0.05) is 19.3 Å². The van der Waals surface area contributed by atoms with Crippen LogP contribution in [0, 0.1) is 29.1 Å². The van der Waals surface area contributed by atoms with E-state index >= 15 is 0 Å². The molecule has 0 saturated carbocycles. The lowest BCUT2D eigenvalue weighted by molar-refractivity contribution is -0.170. The standard InChI is InChI=1S/C27H40O6/c1-7-27(5,6)26(30)33-23-13-16(2)12-19-9-8-17(3)22(25(19)23)11-10-20-14-21(31-18(4)28)15-24(29)32-20/h8-9,12,16-17,20-23,25H,7,10-11,13-15H2,1-6H3/t16-,17-,20-,21+,22-,23-,25-/m1/s1. The molecule has 0 amide bonds. The van der Waals surface area contributed by atoms with Crippen LogP contribution in [0.15, 0.2) is 23.8 Å². The number of ether oxygens (including phenoxy) is 3. The molecule has 6 heteroatoms. The number of esters is 3. The summed E-state index contributed by atoms with van der Waals surface area (Å²) in [6.07, 6.45) is 9.70. The maximum absolute atomic E-state index is 12.9. The monoisotopic (exact) mass is 460 g/mol. The molecule has 3 aliphatic rings. The molecule has 1 heterocycles. The molecule has 0 spiro atoms. The fraction of sp³-hybridized carbons (Fsp3) is 0.741. The van der Waals surface area contributed by atoms with Crippen LogP contribution in [0.1, 0.15) is 80.1 Å². The molecule has 184 valence electrons. The van der Waals surface area contributed by atoms with E-state index < -0.39 is 11.5 Å². The van der Waals surface area contributed by atoms with Gasteiger partial charge in [-0.15, -0.1) is 0 Å². The number of hydrogen-bond donors (Lipinski definition) is 0. The van der Waals surface area contributed by atoms with E-state index in [9.17, 15) is 14.4 Å². The summed E-state index contributed by atoms with van der Waals surface area (Å²) in [7, 11) is 0. The van der Waals surface area contributed by atoms with Gasteiger partial charge in [0.15, 0.2) is 0 Å². The number of carbonyl (C=O) groups is 3. The van der Waals surface area contributed by atoms with Gasteiger partial charge in [-0.25, -0.2) is 0 Å². The van der Waals surface area contributed by atoms with Gasteiger partial charge >= 0.3 is 17.9 Å². The van der Waals surface area contributed by atoms with Crippen molar-refractivity contribution in [2.24, 2.45) is 29.1 Å². The van der Waals surface area contributed by atoms with E-state index in [0.717, 1.165) is 19.3 Å². The first-order chi connectivity index (χ1) is 15.5. The molecule has 0 unspecified atom stereocenters. The maximum Gasteiger partial charge on any atom is 0.311 e. The Bertz CT molecular complexity index is 807. The van der Waals surface area contributed by atoms with Gasteiger partial charge in [-0.2, -0.15) is 0 Å². The van der Waals surface area contributed by atoms with Gasteiger partial charge in [0.2, 0.25) is 0 Å². The van der Waals surface area contributed by atoms with Crippen molar-refractivity contribution in [2.45, 2.75) is 98.4 Å². The summed E-state index contributed by atoms with van der Waals surface area (Å²) in [5, 5.41) is 0. The SMILES string of the molecule is CCC(C)(C)C(=O)O[C@@H]1C[C@H](C)C=C2C=C[C@@H](C)[C@@H](CC[C@@H]3C[C@H](OC(C)=O)CC(=O)O3)[C@@H]21. The summed E-state index contributed by atoms with van der Waals surface area (Å²) in [6, 6.07) is 0. The van der Waals surface area contributed by atoms with Gasteiger partial charge in [0.1, 0.15) is 18.3 Å². The van der Waals surface area contributed by atoms with Gasteiger partial charge in [-0.3, -0.25) is 14.4 Å². The molecule has 0 aromatic heterocycles. The van der Waals surface area contributed by atoms with Crippen molar-refractivity contribution < 1.29 is 28.6 Å². The van der Waals surface area contributed by atoms with Crippen LogP contribution in [0.2, 0.25) is 0 Å². The third-order valence-corrected chi connectivity index (χ3v) is 7.66. The van der Waals surface area contributed by atoms with Crippen molar-refractivity contribution in [1.82, 2.24) is 0 Å². The van der Waals surface area contributed by atoms with Crippen molar-refractivity contribution in [1.29, 1.82) is 0 Å². The van der Waals surface area contributed by atoms with Crippen LogP contribution in [0.5, 0.6) is 0 Å². The second-order valence-corrected chi connectivity index (χ2v) is 10.8. The van der Waals surface area contributed by atoms with Gasteiger partial charge in [-0.1, -0.05) is 39.0 Å². The summed E-state index contributed by atoms with van der Waals surface area (Å²) in [5.74, 6) is 0.283. The van der Waals surface area contributed by atoms with Crippen LogP contribution < -0.4 is 0 Å². The first kappa shape index (κ1) is 25.5. The third kappa shape index (κ3) is 6.27. The van der Waals surface area contributed by atoms with E-state index in [0.29, 0.717) is 24.7 Å². The number of cyclic esters (lactones) is 1. The fourth-order valence-corrected chi connectivity index (χ4v) is 5.39. The lowest BCUT2D eigenvalue weighted by Crippen LogP contribution is -2.43.